The smallest absolute Gasteiger partial charge is 0.227 e. The number of nitrogens with two attached hydrogens (primary N) is 1. The van der Waals surface area contributed by atoms with E-state index in [2.05, 4.69) is 16.8 Å². The summed E-state index contributed by atoms with van der Waals surface area (Å²) in [5.41, 5.74) is 6.26. The summed E-state index contributed by atoms with van der Waals surface area (Å²) in [5, 5.41) is 0. The van der Waals surface area contributed by atoms with Crippen LogP contribution in [0.5, 0.6) is 0 Å². The number of piperidine rings is 1. The highest BCUT2D eigenvalue weighted by Crippen LogP contribution is 2.47. The molecular weight excluding hydrogens is 214 g/mol. The maximum Gasteiger partial charge on any atom is 0.227 e. The molecule has 1 spiro atoms. The molecule has 3 aliphatic rings. The molecule has 0 radical (unpaired) electrons. The highest BCUT2D eigenvalue weighted by atomic mass is 16.2. The van der Waals surface area contributed by atoms with Crippen molar-refractivity contribution in [2.75, 3.05) is 33.2 Å². The highest BCUT2D eigenvalue weighted by molar-refractivity contribution is 5.80. The van der Waals surface area contributed by atoms with Gasteiger partial charge in [0.2, 0.25) is 5.91 Å². The highest BCUT2D eigenvalue weighted by Gasteiger charge is 2.53. The topological polar surface area (TPSA) is 49.6 Å². The van der Waals surface area contributed by atoms with E-state index in [1.807, 2.05) is 0 Å². The van der Waals surface area contributed by atoms with Crippen molar-refractivity contribution in [2.24, 2.45) is 17.1 Å². The molecule has 98 valence electrons. The molecule has 0 unspecified atom stereocenters. The zero-order valence-electron chi connectivity index (χ0n) is 10.7. The van der Waals surface area contributed by atoms with Crippen LogP contribution in [0.2, 0.25) is 0 Å². The minimum absolute atomic E-state index is 0. The minimum atomic E-state index is 0. The number of rotatable bonds is 1. The molecule has 3 fully saturated rings. The summed E-state index contributed by atoms with van der Waals surface area (Å²) in [6.07, 6.45) is 4.49. The summed E-state index contributed by atoms with van der Waals surface area (Å²) in [6, 6.07) is 0.396. The van der Waals surface area contributed by atoms with Crippen LogP contribution < -0.4 is 5.73 Å². The number of hydrogen-bond acceptors (Lipinski definition) is 3. The first-order chi connectivity index (χ1) is 8.08. The van der Waals surface area contributed by atoms with Gasteiger partial charge in [0.1, 0.15) is 0 Å². The zero-order valence-corrected chi connectivity index (χ0v) is 10.7. The predicted octanol–water partition coefficient (Wildman–Crippen LogP) is 0.524. The van der Waals surface area contributed by atoms with E-state index in [-0.39, 0.29) is 7.34 Å². The van der Waals surface area contributed by atoms with Gasteiger partial charge in [-0.05, 0) is 39.3 Å². The Balaban J connectivity index is 0.00000120. The van der Waals surface area contributed by atoms with Crippen LogP contribution in [-0.2, 0) is 4.79 Å². The lowest BCUT2D eigenvalue weighted by Crippen LogP contribution is -2.67. The van der Waals surface area contributed by atoms with Crippen LogP contribution in [0.1, 0.15) is 27.1 Å². The second kappa shape index (κ2) is 3.95. The Bertz CT molecular complexity index is 322. The molecule has 0 aromatic rings. The SMILES string of the molecule is CN1CCC[C@@H](C(=O)N2CC3(CC(N)C3)C2)C1.[HH]. The van der Waals surface area contributed by atoms with Crippen LogP contribution in [0.25, 0.3) is 0 Å². The van der Waals surface area contributed by atoms with Crippen molar-refractivity contribution in [1.29, 1.82) is 0 Å². The first kappa shape index (κ1) is 11.5. The number of nitrogens with zero attached hydrogens (tertiary/aromatic N) is 2. The Kier molecular flexibility index (Phi) is 2.67. The molecule has 1 amide bonds. The van der Waals surface area contributed by atoms with E-state index in [1.165, 1.54) is 0 Å². The van der Waals surface area contributed by atoms with Gasteiger partial charge in [0.05, 0.1) is 5.92 Å². The molecule has 0 aromatic heterocycles. The molecule has 1 aliphatic carbocycles. The zero-order chi connectivity index (χ0) is 12.0. The van der Waals surface area contributed by atoms with Gasteiger partial charge >= 0.3 is 0 Å². The average Bonchev–Trinajstić information content (AvgIpc) is 2.20. The molecule has 0 aromatic carbocycles. The van der Waals surface area contributed by atoms with Gasteiger partial charge in [-0.2, -0.15) is 0 Å². The first-order valence-electron chi connectivity index (χ1n) is 6.81. The monoisotopic (exact) mass is 239 g/mol. The summed E-state index contributed by atoms with van der Waals surface area (Å²) >= 11 is 0. The van der Waals surface area contributed by atoms with Crippen molar-refractivity contribution in [3.8, 4) is 0 Å². The molecule has 1 saturated carbocycles. The van der Waals surface area contributed by atoms with Crippen molar-refractivity contribution < 1.29 is 6.22 Å². The predicted molar refractivity (Wildman–Crippen MR) is 68.6 cm³/mol. The number of carbonyl (C=O) groups excluding carboxylic acids is 1. The molecular formula is C13H25N3O. The van der Waals surface area contributed by atoms with Gasteiger partial charge in [0.15, 0.2) is 0 Å². The second-order valence-corrected chi connectivity index (χ2v) is 6.46. The fourth-order valence-electron chi connectivity index (χ4n) is 3.86. The van der Waals surface area contributed by atoms with E-state index in [0.717, 1.165) is 51.9 Å². The van der Waals surface area contributed by atoms with Gasteiger partial charge in [-0.25, -0.2) is 0 Å². The van der Waals surface area contributed by atoms with E-state index in [4.69, 9.17) is 5.73 Å². The molecule has 2 saturated heterocycles. The Morgan fingerprint density at radius 1 is 1.41 bits per heavy atom. The fourth-order valence-corrected chi connectivity index (χ4v) is 3.86. The third-order valence-electron chi connectivity index (χ3n) is 4.73. The summed E-state index contributed by atoms with van der Waals surface area (Å²) in [7, 11) is 2.11. The summed E-state index contributed by atoms with van der Waals surface area (Å²) in [4.78, 5) is 16.6. The maximum absolute atomic E-state index is 12.3. The fraction of sp³-hybridized carbons (Fsp3) is 0.923. The Hall–Kier alpha value is -0.610. The van der Waals surface area contributed by atoms with Gasteiger partial charge < -0.3 is 15.5 Å². The Morgan fingerprint density at radius 2 is 2.12 bits per heavy atom. The maximum atomic E-state index is 12.3. The van der Waals surface area contributed by atoms with Crippen LogP contribution >= 0.6 is 0 Å². The third kappa shape index (κ3) is 1.97. The van der Waals surface area contributed by atoms with Gasteiger partial charge in [0, 0.05) is 32.5 Å². The van der Waals surface area contributed by atoms with Gasteiger partial charge in [0.25, 0.3) is 0 Å². The quantitative estimate of drug-likeness (QED) is 0.726. The Labute approximate surface area is 105 Å². The van der Waals surface area contributed by atoms with Crippen molar-refractivity contribution in [1.82, 2.24) is 9.80 Å². The van der Waals surface area contributed by atoms with Crippen LogP contribution in [0.4, 0.5) is 0 Å². The molecule has 2 aliphatic heterocycles. The largest absolute Gasteiger partial charge is 0.341 e. The lowest BCUT2D eigenvalue weighted by atomic mass is 9.61. The van der Waals surface area contributed by atoms with Crippen LogP contribution in [0.15, 0.2) is 0 Å². The lowest BCUT2D eigenvalue weighted by Gasteiger charge is -2.59. The normalized spacial score (nSPS) is 33.3. The molecule has 4 nitrogen and oxygen atoms in total. The average molecular weight is 239 g/mol. The Morgan fingerprint density at radius 3 is 2.71 bits per heavy atom. The summed E-state index contributed by atoms with van der Waals surface area (Å²) in [6.45, 7) is 4.03. The summed E-state index contributed by atoms with van der Waals surface area (Å²) in [5.74, 6) is 0.641. The van der Waals surface area contributed by atoms with E-state index in [0.29, 0.717) is 17.4 Å². The number of carbonyl (C=O) groups is 1. The van der Waals surface area contributed by atoms with Gasteiger partial charge in [-0.1, -0.05) is 0 Å². The molecule has 3 rings (SSSR count). The van der Waals surface area contributed by atoms with Crippen LogP contribution in [0.3, 0.4) is 0 Å². The van der Waals surface area contributed by atoms with Gasteiger partial charge in [-0.3, -0.25) is 4.79 Å². The van der Waals surface area contributed by atoms with Gasteiger partial charge in [-0.15, -0.1) is 0 Å². The van der Waals surface area contributed by atoms with E-state index < -0.39 is 0 Å². The number of amides is 1. The molecule has 0 bridgehead atoms. The van der Waals surface area contributed by atoms with Crippen LogP contribution in [-0.4, -0.2) is 55.0 Å². The minimum Gasteiger partial charge on any atom is -0.341 e. The number of hydrogen-bond donors (Lipinski definition) is 1. The summed E-state index contributed by atoms with van der Waals surface area (Å²) < 4.78 is 0. The van der Waals surface area contributed by atoms with Crippen molar-refractivity contribution in [3.63, 3.8) is 0 Å². The number of likely N-dealkylation sites (tertiary alicyclic amines) is 2. The third-order valence-corrected chi connectivity index (χ3v) is 4.73. The standard InChI is InChI=1S/C13H23N3O.H2/c1-15-4-2-3-10(7-15)12(17)16-8-13(9-16)5-11(14)6-13;/h10-11H,2-9,14H2,1H3;1H/t10-;/m1./s1. The van der Waals surface area contributed by atoms with Crippen LogP contribution in [0, 0.1) is 11.3 Å². The first-order valence-corrected chi connectivity index (χ1v) is 6.81. The van der Waals surface area contributed by atoms with Crippen molar-refractivity contribution in [2.45, 2.75) is 31.7 Å². The molecule has 4 heteroatoms. The van der Waals surface area contributed by atoms with Crippen molar-refractivity contribution in [3.05, 3.63) is 0 Å². The van der Waals surface area contributed by atoms with E-state index in [1.54, 1.807) is 0 Å². The van der Waals surface area contributed by atoms with E-state index in [9.17, 15) is 4.79 Å². The molecule has 1 atom stereocenters. The van der Waals surface area contributed by atoms with Crippen molar-refractivity contribution >= 4 is 5.91 Å². The molecule has 2 N–H and O–H groups in total. The lowest BCUT2D eigenvalue weighted by molar-refractivity contribution is -0.157. The van der Waals surface area contributed by atoms with E-state index >= 15 is 0 Å². The second-order valence-electron chi connectivity index (χ2n) is 6.46. The molecule has 2 heterocycles. The molecule has 17 heavy (non-hydrogen) atoms.